The predicted octanol–water partition coefficient (Wildman–Crippen LogP) is 4.77. The Hall–Kier alpha value is -2.06. The van der Waals surface area contributed by atoms with Gasteiger partial charge >= 0.3 is 6.18 Å². The average molecular weight is 446 g/mol. The molecule has 1 aliphatic carbocycles. The van der Waals surface area contributed by atoms with Crippen LogP contribution in [0.2, 0.25) is 5.02 Å². The molecule has 0 heterocycles. The number of fused-ring (bicyclic) bond motifs is 1. The van der Waals surface area contributed by atoms with Gasteiger partial charge in [-0.1, -0.05) is 42.8 Å². The lowest BCUT2D eigenvalue weighted by molar-refractivity contribution is -0.140. The molecule has 4 nitrogen and oxygen atoms in total. The minimum Gasteiger partial charge on any atom is -0.273 e. The molecule has 29 heavy (non-hydrogen) atoms. The van der Waals surface area contributed by atoms with Gasteiger partial charge in [-0.3, -0.25) is 4.79 Å². The minimum absolute atomic E-state index is 0.0967. The Morgan fingerprint density at radius 1 is 1.21 bits per heavy atom. The van der Waals surface area contributed by atoms with Crippen molar-refractivity contribution in [1.29, 1.82) is 0 Å². The maximum Gasteiger partial charge on any atom is 0.417 e. The van der Waals surface area contributed by atoms with E-state index in [1.807, 2.05) is 4.72 Å². The molecule has 1 unspecified atom stereocenters. The number of amides is 1. The third-order valence-electron chi connectivity index (χ3n) is 5.49. The first-order chi connectivity index (χ1) is 13.4. The van der Waals surface area contributed by atoms with Gasteiger partial charge in [0.1, 0.15) is 4.90 Å². The van der Waals surface area contributed by atoms with E-state index in [-0.39, 0.29) is 12.0 Å². The summed E-state index contributed by atoms with van der Waals surface area (Å²) in [5, 5.41) is 0.478. The molecule has 0 fully saturated rings. The summed E-state index contributed by atoms with van der Waals surface area (Å²) in [6.45, 7) is 2.99. The number of alkyl halides is 3. The highest BCUT2D eigenvalue weighted by atomic mass is 35.5. The zero-order valence-corrected chi connectivity index (χ0v) is 17.3. The van der Waals surface area contributed by atoms with Gasteiger partial charge in [-0.25, -0.2) is 13.1 Å². The van der Waals surface area contributed by atoms with Gasteiger partial charge in [0, 0.05) is 5.02 Å². The van der Waals surface area contributed by atoms with Gasteiger partial charge in [0.15, 0.2) is 0 Å². The predicted molar refractivity (Wildman–Crippen MR) is 103 cm³/mol. The van der Waals surface area contributed by atoms with E-state index in [4.69, 9.17) is 11.6 Å². The van der Waals surface area contributed by atoms with Crippen molar-refractivity contribution in [3.05, 3.63) is 63.7 Å². The van der Waals surface area contributed by atoms with Crippen LogP contribution >= 0.6 is 11.6 Å². The molecular formula is C20H19ClF3NO3S. The second-order valence-electron chi connectivity index (χ2n) is 7.09. The van der Waals surface area contributed by atoms with Crippen LogP contribution in [0.4, 0.5) is 13.2 Å². The lowest BCUT2D eigenvalue weighted by Gasteiger charge is -2.28. The average Bonchev–Trinajstić information content (AvgIpc) is 3.01. The Morgan fingerprint density at radius 2 is 1.86 bits per heavy atom. The smallest absolute Gasteiger partial charge is 0.273 e. The Labute approximate surface area is 172 Å². The molecule has 0 bridgehead atoms. The minimum atomic E-state index is -4.88. The second-order valence-corrected chi connectivity index (χ2v) is 9.11. The molecule has 0 spiro atoms. The quantitative estimate of drug-likeness (QED) is 0.737. The summed E-state index contributed by atoms with van der Waals surface area (Å²) in [4.78, 5) is 12.2. The van der Waals surface area contributed by atoms with Crippen molar-refractivity contribution in [2.45, 2.75) is 49.6 Å². The fourth-order valence-corrected chi connectivity index (χ4v) is 5.78. The van der Waals surface area contributed by atoms with E-state index < -0.39 is 38.0 Å². The zero-order valence-electron chi connectivity index (χ0n) is 15.7. The van der Waals surface area contributed by atoms with Crippen molar-refractivity contribution in [3.63, 3.8) is 0 Å². The third-order valence-corrected chi connectivity index (χ3v) is 7.38. The van der Waals surface area contributed by atoms with Gasteiger partial charge in [0.25, 0.3) is 10.0 Å². The van der Waals surface area contributed by atoms with Gasteiger partial charge in [0.05, 0.1) is 11.0 Å². The highest BCUT2D eigenvalue weighted by molar-refractivity contribution is 7.90. The molecule has 0 aromatic heterocycles. The topological polar surface area (TPSA) is 63.2 Å². The van der Waals surface area contributed by atoms with E-state index in [2.05, 4.69) is 0 Å². The monoisotopic (exact) mass is 445 g/mol. The first-order valence-corrected chi connectivity index (χ1v) is 10.8. The number of rotatable bonds is 4. The van der Waals surface area contributed by atoms with E-state index in [0.717, 1.165) is 11.6 Å². The molecule has 156 valence electrons. The van der Waals surface area contributed by atoms with E-state index in [1.165, 1.54) is 13.0 Å². The van der Waals surface area contributed by atoms with Crippen LogP contribution < -0.4 is 4.72 Å². The largest absolute Gasteiger partial charge is 0.417 e. The van der Waals surface area contributed by atoms with E-state index >= 15 is 0 Å². The van der Waals surface area contributed by atoms with Crippen molar-refractivity contribution in [2.24, 2.45) is 0 Å². The molecule has 1 N–H and O–H groups in total. The van der Waals surface area contributed by atoms with Crippen molar-refractivity contribution >= 4 is 27.5 Å². The summed E-state index contributed by atoms with van der Waals surface area (Å²) in [6.07, 6.45) is -3.80. The Kier molecular flexibility index (Phi) is 5.47. The first-order valence-electron chi connectivity index (χ1n) is 8.96. The molecule has 3 rings (SSSR count). The summed E-state index contributed by atoms with van der Waals surface area (Å²) in [5.41, 5.74) is -1.20. The van der Waals surface area contributed by atoms with Gasteiger partial charge in [-0.15, -0.1) is 0 Å². The highest BCUT2D eigenvalue weighted by Gasteiger charge is 2.47. The number of benzene rings is 2. The molecule has 0 aliphatic heterocycles. The number of sulfonamides is 1. The van der Waals surface area contributed by atoms with E-state index in [9.17, 15) is 26.4 Å². The van der Waals surface area contributed by atoms with Crippen LogP contribution in [-0.4, -0.2) is 14.3 Å². The van der Waals surface area contributed by atoms with Crippen molar-refractivity contribution in [2.75, 3.05) is 0 Å². The Morgan fingerprint density at radius 3 is 2.48 bits per heavy atom. The lowest BCUT2D eigenvalue weighted by Crippen LogP contribution is -2.45. The first kappa shape index (κ1) is 21.6. The maximum atomic E-state index is 13.4. The molecule has 0 saturated heterocycles. The number of hydrogen-bond acceptors (Lipinski definition) is 3. The molecule has 1 aliphatic rings. The second kappa shape index (κ2) is 7.32. The molecule has 1 atom stereocenters. The van der Waals surface area contributed by atoms with Crippen LogP contribution in [0.1, 0.15) is 42.0 Å². The summed E-state index contributed by atoms with van der Waals surface area (Å²) < 4.78 is 67.8. The molecule has 1 amide bonds. The number of aryl methyl sites for hydroxylation is 1. The van der Waals surface area contributed by atoms with Crippen molar-refractivity contribution < 1.29 is 26.4 Å². The van der Waals surface area contributed by atoms with Crippen LogP contribution in [-0.2, 0) is 32.8 Å². The van der Waals surface area contributed by atoms with Crippen molar-refractivity contribution in [3.8, 4) is 0 Å². The van der Waals surface area contributed by atoms with Crippen LogP contribution in [0.3, 0.4) is 0 Å². The summed E-state index contributed by atoms with van der Waals surface area (Å²) >= 11 is 6.20. The Balaban J connectivity index is 2.06. The summed E-state index contributed by atoms with van der Waals surface area (Å²) in [7, 11) is -4.75. The summed E-state index contributed by atoms with van der Waals surface area (Å²) in [5.74, 6) is -0.850. The molecule has 2 aromatic carbocycles. The fraction of sp³-hybridized carbons (Fsp3) is 0.350. The molecule has 2 aromatic rings. The van der Waals surface area contributed by atoms with E-state index in [1.54, 1.807) is 25.1 Å². The van der Waals surface area contributed by atoms with Crippen LogP contribution in [0.5, 0.6) is 0 Å². The molecule has 0 radical (unpaired) electrons. The Bertz CT molecular complexity index is 1080. The van der Waals surface area contributed by atoms with Gasteiger partial charge in [-0.05, 0) is 55.0 Å². The third kappa shape index (κ3) is 3.64. The van der Waals surface area contributed by atoms with Gasteiger partial charge in [0.2, 0.25) is 5.91 Å². The standard InChI is InChI=1S/C20H19ClF3NO3S/c1-3-19(11-10-13-14(19)7-5-9-16(13)21)18(26)25-29(27,28)17-12(2)6-4-8-15(17)20(22,23)24/h4-9H,3,10-11H2,1-2H3,(H,25,26). The normalized spacial score (nSPS) is 19.1. The number of nitrogens with one attached hydrogen (secondary N) is 1. The molecule has 9 heteroatoms. The molecular weight excluding hydrogens is 427 g/mol. The number of carbonyl (C=O) groups excluding carboxylic acids is 1. The van der Waals surface area contributed by atoms with Crippen molar-refractivity contribution in [1.82, 2.24) is 4.72 Å². The maximum absolute atomic E-state index is 13.4. The molecule has 0 saturated carbocycles. The summed E-state index contributed by atoms with van der Waals surface area (Å²) in [6, 6.07) is 8.13. The fourth-order valence-electron chi connectivity index (χ4n) is 4.00. The van der Waals surface area contributed by atoms with E-state index in [0.29, 0.717) is 29.5 Å². The number of hydrogen-bond donors (Lipinski definition) is 1. The van der Waals surface area contributed by atoms with Gasteiger partial charge in [-0.2, -0.15) is 13.2 Å². The number of halogens is 4. The van der Waals surface area contributed by atoms with Crippen LogP contribution in [0.25, 0.3) is 0 Å². The lowest BCUT2D eigenvalue weighted by atomic mass is 9.79. The number of carbonyl (C=O) groups is 1. The van der Waals surface area contributed by atoms with Crippen LogP contribution in [0.15, 0.2) is 41.3 Å². The SMILES string of the molecule is CCC1(C(=O)NS(=O)(=O)c2c(C)cccc2C(F)(F)F)CCc2c(Cl)cccc21. The zero-order chi connectivity index (χ0) is 21.6. The van der Waals surface area contributed by atoms with Crippen LogP contribution in [0, 0.1) is 6.92 Å². The highest BCUT2D eigenvalue weighted by Crippen LogP contribution is 2.45. The van der Waals surface area contributed by atoms with Gasteiger partial charge < -0.3 is 0 Å².